The van der Waals surface area contributed by atoms with Crippen molar-refractivity contribution < 1.29 is 78.3 Å². The minimum atomic E-state index is -1.02. The standard InChI is InChI=1S/C36H61N3O8.C32H53N3O8.CH4.H2/c1-13-25(6)34(28(46-12)22-32(44)47-36(7,8)9)38(11)35(45)26(23(2)3)21-27(40)33(24(4)5)37(10)29(41)17-15-14-16-20-39-30(42)18-19-31(39)43;1-10-22(6)31(25(43-9)19-29(40)41)34(8)32(42)23(20(2)3)18-24(36)30(21(4)5)33(7)26(37)14-12-11-13-17-35-27(38)15-16-28(35)39;;/h18-19,23-26,28,33-34H,13-17,20-22H2,1-12H3;15-16,20-23,25,30-31H,10-14,17-19H2,1-9H3,(H,40,41);1H4;1H/t25-,26-,28+,33-,34-;22-,23-,25+,30-,31-;;/m00../s1/i;;;1+1. The molecule has 91 heavy (non-hydrogen) atoms. The summed E-state index contributed by atoms with van der Waals surface area (Å²) in [6.45, 7) is 29.1. The van der Waals surface area contributed by atoms with Crippen LogP contribution in [0.2, 0.25) is 0 Å². The van der Waals surface area contributed by atoms with Crippen LogP contribution < -0.4 is 0 Å². The van der Waals surface area contributed by atoms with Crippen molar-refractivity contribution in [3.8, 4) is 0 Å². The van der Waals surface area contributed by atoms with Gasteiger partial charge in [-0.15, -0.1) is 0 Å². The number of methoxy groups -OCH3 is 2. The SMILES string of the molecule is C.CC[C@H](C)[C@@H]([C@@H](CC(=O)O)OC)N(C)C(=O)[C@@H](CC(=O)[C@H](C(C)C)N(C)C(=O)CCCCCN1C(=O)C=CC1=O)C(C)C.CC[C@H](C)[C@@H]([C@@H](CC(=O)OC(C)(C)C)OC)N(C)C(=O)[C@@H](CC(=O)[C@H](C(C)C)N(C)C(=O)CCCCCN1C(=O)C=CC1=O)C(C)C.[2HH]. The fourth-order valence-corrected chi connectivity index (χ4v) is 12.1. The topological polar surface area (TPSA) is 272 Å². The van der Waals surface area contributed by atoms with Crippen molar-refractivity contribution in [1.29, 1.82) is 0 Å². The molecule has 2 rings (SSSR count). The third-order valence-corrected chi connectivity index (χ3v) is 17.6. The Morgan fingerprint density at radius 2 is 0.813 bits per heavy atom. The molecule has 0 aromatic heterocycles. The first-order valence-electron chi connectivity index (χ1n) is 32.5. The van der Waals surface area contributed by atoms with E-state index in [-0.39, 0.29) is 142 Å². The van der Waals surface area contributed by atoms with Crippen molar-refractivity contribution in [2.75, 3.05) is 55.5 Å². The van der Waals surface area contributed by atoms with Gasteiger partial charge in [-0.2, -0.15) is 0 Å². The fraction of sp³-hybridized carbons (Fsp3) is 0.768. The number of imide groups is 2. The van der Waals surface area contributed by atoms with E-state index in [0.29, 0.717) is 58.0 Å². The molecule has 0 saturated carbocycles. The molecule has 2 heterocycles. The van der Waals surface area contributed by atoms with Crippen LogP contribution in [0.25, 0.3) is 0 Å². The van der Waals surface area contributed by atoms with Crippen LogP contribution in [0.3, 0.4) is 0 Å². The van der Waals surface area contributed by atoms with E-state index in [1.54, 1.807) is 58.8 Å². The maximum absolute atomic E-state index is 14.1. The average Bonchev–Trinajstić information content (AvgIpc) is 1.20. The summed E-state index contributed by atoms with van der Waals surface area (Å²) in [4.78, 5) is 161. The van der Waals surface area contributed by atoms with Crippen LogP contribution in [0.4, 0.5) is 0 Å². The molecule has 0 bridgehead atoms. The number of likely N-dealkylation sites (N-methyl/N-ethyl adjacent to an activating group) is 4. The molecule has 0 fully saturated rings. The van der Waals surface area contributed by atoms with Gasteiger partial charge in [0.2, 0.25) is 23.6 Å². The molecule has 22 nitrogen and oxygen atoms in total. The number of hydrogen-bond acceptors (Lipinski definition) is 15. The van der Waals surface area contributed by atoms with Gasteiger partial charge in [0.1, 0.15) is 5.60 Å². The number of esters is 1. The third-order valence-electron chi connectivity index (χ3n) is 17.6. The summed E-state index contributed by atoms with van der Waals surface area (Å²) < 4.78 is 16.9. The second-order valence-corrected chi connectivity index (χ2v) is 27.0. The average molecular weight is 1290 g/mol. The fourth-order valence-electron chi connectivity index (χ4n) is 12.1. The van der Waals surface area contributed by atoms with Crippen LogP contribution in [0.5, 0.6) is 0 Å². The molecule has 2 aliphatic rings. The van der Waals surface area contributed by atoms with E-state index in [2.05, 4.69) is 0 Å². The van der Waals surface area contributed by atoms with Gasteiger partial charge < -0.3 is 38.9 Å². The summed E-state index contributed by atoms with van der Waals surface area (Å²) in [6.07, 6.45) is 8.88. The van der Waals surface area contributed by atoms with Gasteiger partial charge in [0.05, 0.1) is 49.2 Å². The Kier molecular flexibility index (Phi) is 38.0. The monoisotopic (exact) mass is 1290 g/mol. The molecule has 10 atom stereocenters. The number of carboxylic acid groups (broad SMARTS) is 1. The predicted octanol–water partition coefficient (Wildman–Crippen LogP) is 9.24. The van der Waals surface area contributed by atoms with Crippen molar-refractivity contribution in [2.24, 2.45) is 47.3 Å². The normalized spacial score (nSPS) is 16.5. The Bertz CT molecular complexity index is 2460. The lowest BCUT2D eigenvalue weighted by Gasteiger charge is -2.40. The number of carbonyl (C=O) groups is 12. The summed E-state index contributed by atoms with van der Waals surface area (Å²) in [6, 6.07) is -2.32. The first-order valence-corrected chi connectivity index (χ1v) is 32.5. The van der Waals surface area contributed by atoms with E-state index in [9.17, 15) is 62.6 Å². The minimum absolute atomic E-state index is 0. The third kappa shape index (κ3) is 26.8. The summed E-state index contributed by atoms with van der Waals surface area (Å²) in [5, 5.41) is 9.42. The maximum atomic E-state index is 14.1. The highest BCUT2D eigenvalue weighted by Gasteiger charge is 2.42. The van der Waals surface area contributed by atoms with Crippen molar-refractivity contribution >= 4 is 70.8 Å². The van der Waals surface area contributed by atoms with E-state index in [0.717, 1.165) is 6.42 Å². The number of ketones is 2. The van der Waals surface area contributed by atoms with Gasteiger partial charge in [-0.25, -0.2) is 0 Å². The Labute approximate surface area is 546 Å². The Morgan fingerprint density at radius 1 is 0.495 bits per heavy atom. The van der Waals surface area contributed by atoms with Gasteiger partial charge in [0.25, 0.3) is 23.6 Å². The zero-order valence-corrected chi connectivity index (χ0v) is 58.5. The predicted molar refractivity (Wildman–Crippen MR) is 353 cm³/mol. The van der Waals surface area contributed by atoms with Gasteiger partial charge in [-0.3, -0.25) is 67.3 Å². The molecule has 22 heteroatoms. The number of amides is 8. The maximum Gasteiger partial charge on any atom is 0.309 e. The molecule has 1 N–H and O–H groups in total. The number of rotatable bonds is 40. The van der Waals surface area contributed by atoms with Crippen LogP contribution in [-0.4, -0.2) is 203 Å². The van der Waals surface area contributed by atoms with Crippen LogP contribution in [0.15, 0.2) is 24.3 Å². The highest BCUT2D eigenvalue weighted by molar-refractivity contribution is 6.13. The number of aliphatic carboxylic acids is 1. The van der Waals surface area contributed by atoms with E-state index in [1.807, 2.05) is 83.1 Å². The van der Waals surface area contributed by atoms with E-state index < -0.39 is 65.8 Å². The van der Waals surface area contributed by atoms with E-state index in [1.165, 1.54) is 58.1 Å². The Morgan fingerprint density at radius 3 is 1.08 bits per heavy atom. The van der Waals surface area contributed by atoms with Crippen LogP contribution in [-0.2, 0) is 71.7 Å². The molecule has 0 saturated heterocycles. The van der Waals surface area contributed by atoms with E-state index >= 15 is 0 Å². The number of unbranched alkanes of at least 4 members (excludes halogenated alkanes) is 4. The van der Waals surface area contributed by atoms with Crippen LogP contribution in [0, 0.1) is 47.3 Å². The number of ether oxygens (including phenoxy) is 3. The lowest BCUT2D eigenvalue weighted by molar-refractivity contribution is -0.161. The van der Waals surface area contributed by atoms with Crippen molar-refractivity contribution in [3.63, 3.8) is 0 Å². The Hall–Kier alpha value is -6.16. The van der Waals surface area contributed by atoms with Gasteiger partial charge in [-0.05, 0) is 82.0 Å². The zero-order chi connectivity index (χ0) is 69.2. The quantitative estimate of drug-likeness (QED) is 0.0340. The smallest absolute Gasteiger partial charge is 0.309 e. The van der Waals surface area contributed by atoms with Gasteiger partial charge in [0, 0.05) is 119 Å². The van der Waals surface area contributed by atoms with Gasteiger partial charge in [-0.1, -0.05) is 116 Å². The highest BCUT2D eigenvalue weighted by Crippen LogP contribution is 2.31. The number of Topliss-reactive ketones (excluding diaryl/α,β-unsaturated/α-hetero) is 2. The molecular formula is C69H120N6O16. The van der Waals surface area contributed by atoms with Gasteiger partial charge >= 0.3 is 11.9 Å². The zero-order valence-electron chi connectivity index (χ0n) is 58.5. The summed E-state index contributed by atoms with van der Waals surface area (Å²) in [7, 11) is 9.58. The number of carbonyl (C=O) groups excluding carboxylic acids is 11. The number of carboxylic acids is 1. The first kappa shape index (κ1) is 84.8. The highest BCUT2D eigenvalue weighted by atomic mass is 16.6. The van der Waals surface area contributed by atoms with Crippen LogP contribution >= 0.6 is 0 Å². The van der Waals surface area contributed by atoms with Crippen LogP contribution in [0.1, 0.15) is 203 Å². The molecule has 2 aliphatic heterocycles. The number of nitrogens with zero attached hydrogens (tertiary/aromatic N) is 6. The van der Waals surface area contributed by atoms with Crippen molar-refractivity contribution in [1.82, 2.24) is 29.4 Å². The van der Waals surface area contributed by atoms with Crippen molar-refractivity contribution in [3.05, 3.63) is 24.3 Å². The second kappa shape index (κ2) is 40.7. The molecule has 0 radical (unpaired) electrons. The van der Waals surface area contributed by atoms with Crippen molar-refractivity contribution in [2.45, 2.75) is 243 Å². The number of hydrogen-bond donors (Lipinski definition) is 1. The molecule has 0 spiro atoms. The molecule has 0 unspecified atom stereocenters. The second-order valence-electron chi connectivity index (χ2n) is 27.0. The molecule has 8 amide bonds. The molecule has 0 aromatic carbocycles. The summed E-state index contributed by atoms with van der Waals surface area (Å²) in [5.41, 5.74) is -0.651. The summed E-state index contributed by atoms with van der Waals surface area (Å²) in [5.74, 6) is -5.86. The molecule has 0 aromatic rings. The Balaban J connectivity index is 0. The van der Waals surface area contributed by atoms with E-state index in [4.69, 9.17) is 14.2 Å². The van der Waals surface area contributed by atoms with Gasteiger partial charge in [0.15, 0.2) is 11.6 Å². The minimum Gasteiger partial charge on any atom is -0.481 e. The molecule has 522 valence electrons. The lowest BCUT2D eigenvalue weighted by Crippen LogP contribution is -2.53. The summed E-state index contributed by atoms with van der Waals surface area (Å²) >= 11 is 0. The molecular weight excluding hydrogens is 1170 g/mol. The lowest BCUT2D eigenvalue weighted by atomic mass is 9.83. The first-order chi connectivity index (χ1) is 41.8. The largest absolute Gasteiger partial charge is 0.481 e. The molecule has 0 aliphatic carbocycles.